The van der Waals surface area contributed by atoms with Gasteiger partial charge in [0.15, 0.2) is 0 Å². The summed E-state index contributed by atoms with van der Waals surface area (Å²) in [6.07, 6.45) is 2.81. The number of nitrogens with zero attached hydrogens (tertiary/aromatic N) is 1. The Morgan fingerprint density at radius 1 is 1.64 bits per heavy atom. The first-order valence-electron chi connectivity index (χ1n) is 4.34. The molecule has 0 saturated carbocycles. The van der Waals surface area contributed by atoms with Gasteiger partial charge >= 0.3 is 0 Å². The quantitative estimate of drug-likeness (QED) is 0.699. The van der Waals surface area contributed by atoms with Crippen LogP contribution in [0.25, 0.3) is 0 Å². The average molecular weight is 192 g/mol. The average Bonchev–Trinajstić information content (AvgIpc) is 2.17. The molecule has 0 aliphatic heterocycles. The van der Waals surface area contributed by atoms with Crippen molar-refractivity contribution in [3.8, 4) is 0 Å². The number of amides is 1. The number of rotatable bonds is 4. The molecule has 1 aromatic heterocycles. The molecule has 0 aromatic carbocycles. The molecule has 74 valence electrons. The number of carbonyl (C=O) groups excluding carboxylic acids is 2. The summed E-state index contributed by atoms with van der Waals surface area (Å²) in [6, 6.07) is 4.98. The van der Waals surface area contributed by atoms with Gasteiger partial charge in [-0.25, -0.2) is 0 Å². The number of pyridine rings is 1. The number of nitrogens with one attached hydrogen (secondary N) is 1. The van der Waals surface area contributed by atoms with Crippen molar-refractivity contribution >= 4 is 12.2 Å². The van der Waals surface area contributed by atoms with Crippen molar-refractivity contribution < 1.29 is 9.59 Å². The van der Waals surface area contributed by atoms with Crippen LogP contribution in [0.15, 0.2) is 24.4 Å². The molecule has 1 atom stereocenters. The minimum absolute atomic E-state index is 0.210. The predicted molar refractivity (Wildman–Crippen MR) is 51.6 cm³/mol. The molecule has 1 aromatic rings. The number of carbonyl (C=O) groups is 2. The standard InChI is InChI=1S/C10H12N2O2/c1-8(14)12-10(7-13)6-9-4-2-3-5-11-9/h2-5,7,10H,6H2,1H3,(H,12,14). The highest BCUT2D eigenvalue weighted by molar-refractivity contribution is 5.77. The zero-order valence-electron chi connectivity index (χ0n) is 7.93. The first-order valence-corrected chi connectivity index (χ1v) is 4.34. The second-order valence-corrected chi connectivity index (χ2v) is 2.97. The molecule has 0 fully saturated rings. The number of aldehydes is 1. The van der Waals surface area contributed by atoms with Crippen LogP contribution < -0.4 is 5.32 Å². The van der Waals surface area contributed by atoms with Crippen LogP contribution in [0, 0.1) is 0 Å². The number of aromatic nitrogens is 1. The summed E-state index contributed by atoms with van der Waals surface area (Å²) in [5, 5.41) is 2.53. The van der Waals surface area contributed by atoms with Crippen molar-refractivity contribution in [2.75, 3.05) is 0 Å². The van der Waals surface area contributed by atoms with Gasteiger partial charge in [0.05, 0.1) is 6.04 Å². The van der Waals surface area contributed by atoms with Crippen molar-refractivity contribution in [2.24, 2.45) is 0 Å². The molecule has 1 N–H and O–H groups in total. The number of hydrogen-bond donors (Lipinski definition) is 1. The van der Waals surface area contributed by atoms with Gasteiger partial charge in [-0.05, 0) is 12.1 Å². The third-order valence-corrected chi connectivity index (χ3v) is 1.71. The molecule has 0 bridgehead atoms. The van der Waals surface area contributed by atoms with E-state index in [1.54, 1.807) is 12.3 Å². The molecule has 1 heterocycles. The lowest BCUT2D eigenvalue weighted by Gasteiger charge is -2.09. The van der Waals surface area contributed by atoms with Crippen molar-refractivity contribution in [3.63, 3.8) is 0 Å². The van der Waals surface area contributed by atoms with E-state index in [9.17, 15) is 9.59 Å². The third kappa shape index (κ3) is 3.35. The van der Waals surface area contributed by atoms with Crippen LogP contribution in [0.3, 0.4) is 0 Å². The lowest BCUT2D eigenvalue weighted by atomic mass is 10.1. The first-order chi connectivity index (χ1) is 6.72. The van der Waals surface area contributed by atoms with Gasteiger partial charge < -0.3 is 10.1 Å². The molecular formula is C10H12N2O2. The van der Waals surface area contributed by atoms with Crippen LogP contribution in [0.4, 0.5) is 0 Å². The Bertz CT molecular complexity index is 311. The normalized spacial score (nSPS) is 11.8. The van der Waals surface area contributed by atoms with Gasteiger partial charge in [0.2, 0.25) is 5.91 Å². The summed E-state index contributed by atoms with van der Waals surface area (Å²) in [5.74, 6) is -0.210. The first kappa shape index (κ1) is 10.4. The summed E-state index contributed by atoms with van der Waals surface area (Å²) in [5.41, 5.74) is 0.790. The Labute approximate surface area is 82.3 Å². The lowest BCUT2D eigenvalue weighted by molar-refractivity contribution is -0.122. The molecular weight excluding hydrogens is 180 g/mol. The summed E-state index contributed by atoms with van der Waals surface area (Å²) in [6.45, 7) is 1.38. The molecule has 1 unspecified atom stereocenters. The van der Waals surface area contributed by atoms with Crippen LogP contribution in [0.2, 0.25) is 0 Å². The highest BCUT2D eigenvalue weighted by Gasteiger charge is 2.09. The minimum atomic E-state index is -0.484. The van der Waals surface area contributed by atoms with Gasteiger partial charge in [-0.2, -0.15) is 0 Å². The fraction of sp³-hybridized carbons (Fsp3) is 0.300. The van der Waals surface area contributed by atoms with E-state index in [0.29, 0.717) is 6.42 Å². The van der Waals surface area contributed by atoms with E-state index in [1.807, 2.05) is 12.1 Å². The minimum Gasteiger partial charge on any atom is -0.346 e. The predicted octanol–water partition coefficient (Wildman–Crippen LogP) is 0.328. The second kappa shape index (κ2) is 5.11. The fourth-order valence-electron chi connectivity index (χ4n) is 1.14. The van der Waals surface area contributed by atoms with E-state index in [0.717, 1.165) is 12.0 Å². The maximum Gasteiger partial charge on any atom is 0.217 e. The maximum absolute atomic E-state index is 10.7. The van der Waals surface area contributed by atoms with E-state index in [1.165, 1.54) is 6.92 Å². The van der Waals surface area contributed by atoms with Gasteiger partial charge in [0.1, 0.15) is 6.29 Å². The van der Waals surface area contributed by atoms with Crippen LogP contribution in [0.5, 0.6) is 0 Å². The largest absolute Gasteiger partial charge is 0.346 e. The van der Waals surface area contributed by atoms with Crippen LogP contribution >= 0.6 is 0 Å². The molecule has 0 saturated heterocycles. The molecule has 4 nitrogen and oxygen atoms in total. The maximum atomic E-state index is 10.7. The smallest absolute Gasteiger partial charge is 0.217 e. The molecule has 0 radical (unpaired) electrons. The summed E-state index contributed by atoms with van der Waals surface area (Å²) in [7, 11) is 0. The summed E-state index contributed by atoms with van der Waals surface area (Å²) in [4.78, 5) is 25.4. The van der Waals surface area contributed by atoms with E-state index >= 15 is 0 Å². The Balaban J connectivity index is 2.57. The zero-order valence-corrected chi connectivity index (χ0v) is 7.93. The topological polar surface area (TPSA) is 59.1 Å². The monoisotopic (exact) mass is 192 g/mol. The Kier molecular flexibility index (Phi) is 3.79. The van der Waals surface area contributed by atoms with E-state index in [4.69, 9.17) is 0 Å². The molecule has 0 aliphatic rings. The SMILES string of the molecule is CC(=O)NC(C=O)Cc1ccccn1. The van der Waals surface area contributed by atoms with Crippen molar-refractivity contribution in [1.82, 2.24) is 10.3 Å². The van der Waals surface area contributed by atoms with Gasteiger partial charge in [-0.15, -0.1) is 0 Å². The van der Waals surface area contributed by atoms with E-state index in [-0.39, 0.29) is 5.91 Å². The lowest BCUT2D eigenvalue weighted by Crippen LogP contribution is -2.36. The van der Waals surface area contributed by atoms with Crippen LogP contribution in [-0.4, -0.2) is 23.2 Å². The number of hydrogen-bond acceptors (Lipinski definition) is 3. The van der Waals surface area contributed by atoms with Crippen molar-refractivity contribution in [2.45, 2.75) is 19.4 Å². The Morgan fingerprint density at radius 2 is 2.43 bits per heavy atom. The molecule has 1 rings (SSSR count). The third-order valence-electron chi connectivity index (χ3n) is 1.71. The van der Waals surface area contributed by atoms with Gasteiger partial charge in [-0.3, -0.25) is 9.78 Å². The molecule has 14 heavy (non-hydrogen) atoms. The van der Waals surface area contributed by atoms with E-state index < -0.39 is 6.04 Å². The highest BCUT2D eigenvalue weighted by Crippen LogP contribution is 1.97. The Morgan fingerprint density at radius 3 is 2.93 bits per heavy atom. The van der Waals surface area contributed by atoms with E-state index in [2.05, 4.69) is 10.3 Å². The molecule has 1 amide bonds. The summed E-state index contributed by atoms with van der Waals surface area (Å²) < 4.78 is 0. The van der Waals surface area contributed by atoms with Crippen LogP contribution in [0.1, 0.15) is 12.6 Å². The highest BCUT2D eigenvalue weighted by atomic mass is 16.2. The molecule has 0 aliphatic carbocycles. The van der Waals surface area contributed by atoms with Crippen LogP contribution in [-0.2, 0) is 16.0 Å². The zero-order chi connectivity index (χ0) is 10.4. The fourth-order valence-corrected chi connectivity index (χ4v) is 1.14. The molecule has 4 heteroatoms. The molecule has 0 spiro atoms. The van der Waals surface area contributed by atoms with Gasteiger partial charge in [-0.1, -0.05) is 6.07 Å². The summed E-state index contributed by atoms with van der Waals surface area (Å²) >= 11 is 0. The Hall–Kier alpha value is -1.71. The van der Waals surface area contributed by atoms with Crippen molar-refractivity contribution in [1.29, 1.82) is 0 Å². The van der Waals surface area contributed by atoms with Crippen molar-refractivity contribution in [3.05, 3.63) is 30.1 Å². The van der Waals surface area contributed by atoms with Gasteiger partial charge in [0, 0.05) is 25.2 Å². The van der Waals surface area contributed by atoms with Gasteiger partial charge in [0.25, 0.3) is 0 Å². The second-order valence-electron chi connectivity index (χ2n) is 2.97.